The molecule has 0 saturated heterocycles. The van der Waals surface area contributed by atoms with E-state index >= 15 is 0 Å². The van der Waals surface area contributed by atoms with Crippen molar-refractivity contribution in [1.82, 2.24) is 0 Å². The Hall–Kier alpha value is -8.41. The van der Waals surface area contributed by atoms with Crippen LogP contribution in [0.1, 0.15) is 32.6 Å². The van der Waals surface area contributed by atoms with E-state index in [9.17, 15) is 61.8 Å². The summed E-state index contributed by atoms with van der Waals surface area (Å²) in [5.74, 6) is -0.981. The van der Waals surface area contributed by atoms with Crippen molar-refractivity contribution in [2.45, 2.75) is 47.3 Å². The van der Waals surface area contributed by atoms with Crippen LogP contribution in [-0.2, 0) is 40.5 Å². The zero-order valence-electron chi connectivity index (χ0n) is 39.7. The van der Waals surface area contributed by atoms with Crippen LogP contribution in [0.3, 0.4) is 0 Å². The van der Waals surface area contributed by atoms with E-state index < -0.39 is 93.9 Å². The van der Waals surface area contributed by atoms with Gasteiger partial charge in [-0.1, -0.05) is 18.2 Å². The topological polar surface area (TPSA) is 366 Å². The molecule has 76 heavy (non-hydrogen) atoms. The van der Waals surface area contributed by atoms with E-state index in [2.05, 4.69) is 46.2 Å². The molecular weight excluding hydrogens is 1070 g/mol. The minimum atomic E-state index is -5.15. The van der Waals surface area contributed by atoms with Gasteiger partial charge in [-0.3, -0.25) is 23.0 Å². The number of hydrogen-bond acceptors (Lipinski definition) is 18. The number of fused-ring (bicyclic) bond motifs is 2. The van der Waals surface area contributed by atoms with Gasteiger partial charge in [0.1, 0.15) is 26.1 Å². The lowest BCUT2D eigenvalue weighted by molar-refractivity contribution is 0.102. The third-order valence-electron chi connectivity index (χ3n) is 11.4. The molecule has 0 fully saturated rings. The summed E-state index contributed by atoms with van der Waals surface area (Å²) < 4.78 is 137. The van der Waals surface area contributed by atoms with Crippen molar-refractivity contribution in [3.63, 3.8) is 0 Å². The third kappa shape index (κ3) is 12.1. The number of hydrogen-bond donors (Lipinski definition) is 6. The second-order valence-corrected chi connectivity index (χ2v) is 22.4. The summed E-state index contributed by atoms with van der Waals surface area (Å²) >= 11 is 0. The molecule has 8 aromatic carbocycles. The minimum absolute atomic E-state index is 0.179. The van der Waals surface area contributed by atoms with Gasteiger partial charge in [-0.25, -0.2) is 0 Å². The van der Waals surface area contributed by atoms with E-state index in [0.29, 0.717) is 74.1 Å². The summed E-state index contributed by atoms with van der Waals surface area (Å²) in [7, 11) is -20.2. The summed E-state index contributed by atoms with van der Waals surface area (Å²) in [5, 5.41) is 47.2. The first kappa shape index (κ1) is 53.9. The van der Waals surface area contributed by atoms with Gasteiger partial charge in [0.25, 0.3) is 46.4 Å². The number of azo groups is 4. The molecule has 0 saturated carbocycles. The van der Waals surface area contributed by atoms with Gasteiger partial charge in [0.2, 0.25) is 0 Å². The Morgan fingerprint density at radius 2 is 0.908 bits per heavy atom. The fourth-order valence-corrected chi connectivity index (χ4v) is 10.2. The number of benzene rings is 8. The predicted octanol–water partition coefficient (Wildman–Crippen LogP) is 12.8. The van der Waals surface area contributed by atoms with Gasteiger partial charge >= 0.3 is 0 Å². The molecule has 0 unspecified atom stereocenters. The molecule has 0 aliphatic rings. The van der Waals surface area contributed by atoms with Crippen LogP contribution in [0.15, 0.2) is 188 Å². The highest BCUT2D eigenvalue weighted by molar-refractivity contribution is 7.87. The molecule has 0 bridgehead atoms. The van der Waals surface area contributed by atoms with Crippen LogP contribution in [0.25, 0.3) is 21.5 Å². The molecule has 0 aliphatic heterocycles. The maximum absolute atomic E-state index is 12.7. The van der Waals surface area contributed by atoms with E-state index in [1.165, 1.54) is 30.3 Å². The van der Waals surface area contributed by atoms with Crippen LogP contribution in [0.4, 0.5) is 51.2 Å². The summed E-state index contributed by atoms with van der Waals surface area (Å²) in [6, 6.07) is 29.7. The molecule has 8 rings (SSSR count). The number of phenols is 1. The smallest absolute Gasteiger partial charge is 0.296 e. The second kappa shape index (κ2) is 20.7. The van der Waals surface area contributed by atoms with E-state index in [1.54, 1.807) is 94.4 Å². The monoisotopic (exact) mass is 1110 g/mol. The Morgan fingerprint density at radius 1 is 0.421 bits per heavy atom. The predicted molar refractivity (Wildman–Crippen MR) is 278 cm³/mol. The van der Waals surface area contributed by atoms with Crippen LogP contribution in [0, 0.1) is 27.7 Å². The fraction of sp³-hybridized carbons (Fsp3) is 0.0816. The molecule has 0 radical (unpaired) electrons. The normalized spacial score (nSPS) is 12.8. The Bertz CT molecular complexity index is 4340. The molecule has 0 spiro atoms. The first-order chi connectivity index (χ1) is 35.6. The molecule has 8 aromatic rings. The van der Waals surface area contributed by atoms with Crippen LogP contribution in [0.5, 0.6) is 5.75 Å². The lowest BCUT2D eigenvalue weighted by Crippen LogP contribution is -2.11. The molecule has 388 valence electrons. The molecular formula is C49H39N9O14S4. The van der Waals surface area contributed by atoms with E-state index in [0.717, 1.165) is 18.2 Å². The van der Waals surface area contributed by atoms with Gasteiger partial charge in [0, 0.05) is 22.0 Å². The highest BCUT2D eigenvalue weighted by Crippen LogP contribution is 2.43. The fourth-order valence-electron chi connectivity index (χ4n) is 7.55. The van der Waals surface area contributed by atoms with Crippen molar-refractivity contribution >= 4 is 119 Å². The molecule has 23 nitrogen and oxygen atoms in total. The van der Waals surface area contributed by atoms with Gasteiger partial charge < -0.3 is 10.4 Å². The number of nitrogens with one attached hydrogen (secondary N) is 1. The molecule has 1 amide bonds. The molecule has 0 heterocycles. The molecule has 6 N–H and O–H groups in total. The van der Waals surface area contributed by atoms with Crippen LogP contribution in [-0.4, -0.2) is 62.9 Å². The van der Waals surface area contributed by atoms with Crippen LogP contribution in [0.2, 0.25) is 0 Å². The Kier molecular flexibility index (Phi) is 14.7. The summed E-state index contributed by atoms with van der Waals surface area (Å²) in [6.07, 6.45) is 0. The summed E-state index contributed by atoms with van der Waals surface area (Å²) in [6.45, 7) is 6.86. The van der Waals surface area contributed by atoms with Crippen molar-refractivity contribution in [2.75, 3.05) is 5.32 Å². The van der Waals surface area contributed by atoms with Gasteiger partial charge in [-0.15, -0.1) is 10.2 Å². The van der Waals surface area contributed by atoms with E-state index in [4.69, 9.17) is 0 Å². The number of amides is 1. The lowest BCUT2D eigenvalue weighted by Gasteiger charge is -2.11. The van der Waals surface area contributed by atoms with Crippen LogP contribution < -0.4 is 5.32 Å². The van der Waals surface area contributed by atoms with Crippen molar-refractivity contribution in [1.29, 1.82) is 0 Å². The number of phenolic OH excluding ortho intramolecular Hbond substituents is 1. The van der Waals surface area contributed by atoms with Crippen molar-refractivity contribution in [3.05, 3.63) is 155 Å². The first-order valence-electron chi connectivity index (χ1n) is 21.8. The van der Waals surface area contributed by atoms with Gasteiger partial charge in [0.05, 0.1) is 39.0 Å². The standard InChI is InChI=1S/C49H39N9O14S4/c1-26-16-35(11-14-39(26)53-51-34-12-15-40(27(2)17-34)54-57-43-25-38-32(22-45(43)75(67,68)69)21-36(73(61,62)63)24-44(38)74(64,65)66)52-55-41-18-29(4)42(19-28(41)3)56-58-47-46(76(70,71)72)23-31-20-33(10-13-37(31)48(47)59)50-49(60)30-8-6-5-7-9-30/h5-25,59H,1-4H3,(H,50,60)(H,61,62,63)(H,64,65,66)(H,67,68,69)(H,70,71,72). The number of rotatable bonds is 14. The number of carbonyl (C=O) groups is 1. The van der Waals surface area contributed by atoms with Gasteiger partial charge in [-0.2, -0.15) is 64.4 Å². The minimum Gasteiger partial charge on any atom is -0.505 e. The Morgan fingerprint density at radius 3 is 1.45 bits per heavy atom. The molecule has 27 heteroatoms. The van der Waals surface area contributed by atoms with Crippen molar-refractivity contribution in [2.24, 2.45) is 40.9 Å². The Balaban J connectivity index is 0.972. The van der Waals surface area contributed by atoms with Crippen LogP contribution >= 0.6 is 0 Å². The summed E-state index contributed by atoms with van der Waals surface area (Å²) in [4.78, 5) is 9.15. The van der Waals surface area contributed by atoms with Crippen molar-refractivity contribution in [3.8, 4) is 5.75 Å². The first-order valence-corrected chi connectivity index (χ1v) is 27.6. The average molecular weight is 1110 g/mol. The third-order valence-corrected chi connectivity index (χ3v) is 14.9. The van der Waals surface area contributed by atoms with Gasteiger partial charge in [-0.05, 0) is 170 Å². The number of aromatic hydroxyl groups is 1. The Labute approximate surface area is 433 Å². The van der Waals surface area contributed by atoms with Crippen molar-refractivity contribution < 1.29 is 61.8 Å². The quantitative estimate of drug-likeness (QED) is 0.0435. The number of aryl methyl sites for hydroxylation is 4. The zero-order chi connectivity index (χ0) is 55.1. The zero-order valence-corrected chi connectivity index (χ0v) is 43.0. The summed E-state index contributed by atoms with van der Waals surface area (Å²) in [5.41, 5.74) is 4.23. The second-order valence-electron chi connectivity index (χ2n) is 16.9. The maximum Gasteiger partial charge on any atom is 0.296 e. The maximum atomic E-state index is 12.7. The van der Waals surface area contributed by atoms with Gasteiger partial charge in [0.15, 0.2) is 5.75 Å². The van der Waals surface area contributed by atoms with E-state index in [1.807, 2.05) is 0 Å². The lowest BCUT2D eigenvalue weighted by atomic mass is 10.1. The molecule has 0 aliphatic carbocycles. The highest BCUT2D eigenvalue weighted by atomic mass is 32.2. The molecule has 0 aromatic heterocycles. The largest absolute Gasteiger partial charge is 0.505 e. The van der Waals surface area contributed by atoms with E-state index in [-0.39, 0.29) is 16.5 Å². The number of nitrogens with zero attached hydrogens (tertiary/aromatic N) is 8. The highest BCUT2D eigenvalue weighted by Gasteiger charge is 2.26. The molecule has 0 atom stereocenters. The SMILES string of the molecule is Cc1cc(N=Nc2cc(C)c(N=Nc3c(S(=O)(=O)O)cc4cc(NC(=O)c5ccccc5)ccc4c3O)cc2C)ccc1N=Nc1ccc(N=Nc2cc3c(S(=O)(=O)O)cc(S(=O)(=O)O)cc3cc2S(=O)(=O)O)c(C)c1. The average Bonchev–Trinajstić information content (AvgIpc) is 3.34. The number of carbonyl (C=O) groups excluding carboxylic acids is 1. The number of anilines is 1.